The fourth-order valence-corrected chi connectivity index (χ4v) is 3.78. The van der Waals surface area contributed by atoms with Gasteiger partial charge in [0.15, 0.2) is 0 Å². The van der Waals surface area contributed by atoms with E-state index >= 15 is 0 Å². The summed E-state index contributed by atoms with van der Waals surface area (Å²) < 4.78 is 9.63. The molecule has 34 heavy (non-hydrogen) atoms. The SMILES string of the molecule is C=CCOC(N)=O.CCCCC[C@@H](NC(=O)OCC1c2ccccc2-c2ccccc21)C(=O)O. The number of aliphatic carboxylic acids is 1. The molecule has 0 saturated carbocycles. The number of rotatable bonds is 10. The first-order chi connectivity index (χ1) is 16.4. The number of hydrogen-bond donors (Lipinski definition) is 3. The number of nitrogens with one attached hydrogen (secondary N) is 1. The van der Waals surface area contributed by atoms with Crippen molar-refractivity contribution in [2.45, 2.75) is 44.6 Å². The Balaban J connectivity index is 0.000000509. The first-order valence-electron chi connectivity index (χ1n) is 11.3. The summed E-state index contributed by atoms with van der Waals surface area (Å²) in [7, 11) is 0. The number of carbonyl (C=O) groups excluding carboxylic acids is 2. The number of carboxylic acid groups (broad SMARTS) is 1. The second-order valence-electron chi connectivity index (χ2n) is 7.78. The van der Waals surface area contributed by atoms with E-state index in [1.807, 2.05) is 36.4 Å². The molecular formula is C26H32N2O6. The average molecular weight is 469 g/mol. The number of fused-ring (bicyclic) bond motifs is 3. The van der Waals surface area contributed by atoms with Crippen LogP contribution in [0.15, 0.2) is 61.2 Å². The van der Waals surface area contributed by atoms with Crippen molar-refractivity contribution in [2.24, 2.45) is 5.73 Å². The summed E-state index contributed by atoms with van der Waals surface area (Å²) in [5.41, 5.74) is 9.14. The minimum absolute atomic E-state index is 0.0356. The van der Waals surface area contributed by atoms with E-state index in [1.165, 1.54) is 6.08 Å². The maximum Gasteiger partial charge on any atom is 0.407 e. The zero-order valence-corrected chi connectivity index (χ0v) is 19.4. The van der Waals surface area contributed by atoms with Crippen LogP contribution in [0, 0.1) is 0 Å². The highest BCUT2D eigenvalue weighted by Crippen LogP contribution is 2.44. The number of primary amides is 1. The van der Waals surface area contributed by atoms with Crippen molar-refractivity contribution >= 4 is 18.2 Å². The van der Waals surface area contributed by atoms with Gasteiger partial charge in [-0.2, -0.15) is 0 Å². The zero-order valence-electron chi connectivity index (χ0n) is 19.4. The molecule has 1 aliphatic carbocycles. The Morgan fingerprint density at radius 3 is 2.12 bits per heavy atom. The Kier molecular flexibility index (Phi) is 10.6. The van der Waals surface area contributed by atoms with Gasteiger partial charge in [0.25, 0.3) is 0 Å². The molecule has 2 amide bonds. The van der Waals surface area contributed by atoms with E-state index in [0.29, 0.717) is 6.42 Å². The fraction of sp³-hybridized carbons (Fsp3) is 0.346. The third-order valence-corrected chi connectivity index (χ3v) is 5.37. The van der Waals surface area contributed by atoms with Gasteiger partial charge in [-0.15, -0.1) is 0 Å². The first kappa shape index (κ1) is 26.4. The Hall–Kier alpha value is -3.81. The van der Waals surface area contributed by atoms with E-state index in [-0.39, 0.29) is 19.1 Å². The second-order valence-corrected chi connectivity index (χ2v) is 7.78. The molecule has 1 aliphatic rings. The van der Waals surface area contributed by atoms with Crippen LogP contribution >= 0.6 is 0 Å². The largest absolute Gasteiger partial charge is 0.480 e. The highest BCUT2D eigenvalue weighted by atomic mass is 16.6. The second kappa shape index (κ2) is 13.7. The lowest BCUT2D eigenvalue weighted by Gasteiger charge is -2.17. The van der Waals surface area contributed by atoms with Crippen molar-refractivity contribution in [1.29, 1.82) is 0 Å². The maximum atomic E-state index is 12.2. The Morgan fingerprint density at radius 2 is 1.65 bits per heavy atom. The Bertz CT molecular complexity index is 945. The minimum Gasteiger partial charge on any atom is -0.480 e. The van der Waals surface area contributed by atoms with Gasteiger partial charge in [0, 0.05) is 5.92 Å². The third kappa shape index (κ3) is 7.65. The van der Waals surface area contributed by atoms with E-state index in [4.69, 9.17) is 4.74 Å². The maximum absolute atomic E-state index is 12.2. The number of benzene rings is 2. The van der Waals surface area contributed by atoms with Crippen LogP contribution in [0.3, 0.4) is 0 Å². The molecule has 0 saturated heterocycles. The molecular weight excluding hydrogens is 436 g/mol. The number of amides is 2. The van der Waals surface area contributed by atoms with Gasteiger partial charge < -0.3 is 25.6 Å². The molecule has 8 nitrogen and oxygen atoms in total. The van der Waals surface area contributed by atoms with Crippen LogP contribution < -0.4 is 11.1 Å². The van der Waals surface area contributed by atoms with E-state index in [2.05, 4.69) is 41.4 Å². The summed E-state index contributed by atoms with van der Waals surface area (Å²) in [5.74, 6) is -1.06. The minimum atomic E-state index is -1.03. The topological polar surface area (TPSA) is 128 Å². The van der Waals surface area contributed by atoms with Gasteiger partial charge in [-0.05, 0) is 28.7 Å². The third-order valence-electron chi connectivity index (χ3n) is 5.37. The molecule has 1 atom stereocenters. The van der Waals surface area contributed by atoms with Gasteiger partial charge in [-0.25, -0.2) is 14.4 Å². The number of unbranched alkanes of at least 4 members (excludes halogenated alkanes) is 2. The van der Waals surface area contributed by atoms with Crippen LogP contribution in [-0.2, 0) is 14.3 Å². The quantitative estimate of drug-likeness (QED) is 0.339. The van der Waals surface area contributed by atoms with Crippen molar-refractivity contribution < 1.29 is 29.0 Å². The summed E-state index contributed by atoms with van der Waals surface area (Å²) in [6, 6.07) is 15.3. The predicted molar refractivity (Wildman–Crippen MR) is 130 cm³/mol. The first-order valence-corrected chi connectivity index (χ1v) is 11.3. The van der Waals surface area contributed by atoms with Crippen LogP contribution in [0.2, 0.25) is 0 Å². The average Bonchev–Trinajstić information content (AvgIpc) is 3.15. The summed E-state index contributed by atoms with van der Waals surface area (Å²) >= 11 is 0. The highest BCUT2D eigenvalue weighted by Gasteiger charge is 2.29. The lowest BCUT2D eigenvalue weighted by atomic mass is 9.98. The van der Waals surface area contributed by atoms with E-state index < -0.39 is 24.2 Å². The molecule has 3 rings (SSSR count). The van der Waals surface area contributed by atoms with Gasteiger partial charge in [-0.1, -0.05) is 87.4 Å². The van der Waals surface area contributed by atoms with Crippen molar-refractivity contribution in [3.05, 3.63) is 72.3 Å². The summed E-state index contributed by atoms with van der Waals surface area (Å²) in [4.78, 5) is 33.2. The molecule has 2 aromatic carbocycles. The van der Waals surface area contributed by atoms with Gasteiger partial charge in [-0.3, -0.25) is 0 Å². The van der Waals surface area contributed by atoms with Crippen LogP contribution in [-0.4, -0.2) is 42.5 Å². The van der Waals surface area contributed by atoms with Crippen molar-refractivity contribution in [3.8, 4) is 11.1 Å². The van der Waals surface area contributed by atoms with Crippen LogP contribution in [0.25, 0.3) is 11.1 Å². The number of hydrogen-bond acceptors (Lipinski definition) is 5. The van der Waals surface area contributed by atoms with Gasteiger partial charge >= 0.3 is 18.2 Å². The molecule has 0 aliphatic heterocycles. The number of carboxylic acids is 1. The molecule has 0 aromatic heterocycles. The standard InChI is InChI=1S/C22H25NO4.C4H7NO2/c1-2-3-4-13-20(21(24)25)23-22(26)27-14-19-17-11-7-5-9-15(17)16-10-6-8-12-18(16)19;1-2-3-7-4(5)6/h5-12,19-20H,2-4,13-14H2,1H3,(H,23,26)(H,24,25);2H,1,3H2,(H2,5,6)/t20-;/m1./s1. The number of carbonyl (C=O) groups is 3. The smallest absolute Gasteiger partial charge is 0.407 e. The molecule has 4 N–H and O–H groups in total. The summed E-state index contributed by atoms with van der Waals surface area (Å²) in [6.07, 6.45) is 3.11. The molecule has 0 bridgehead atoms. The summed E-state index contributed by atoms with van der Waals surface area (Å²) in [5, 5.41) is 11.8. The molecule has 0 fully saturated rings. The van der Waals surface area contributed by atoms with Crippen molar-refractivity contribution in [1.82, 2.24) is 5.32 Å². The van der Waals surface area contributed by atoms with Crippen LogP contribution in [0.5, 0.6) is 0 Å². The zero-order chi connectivity index (χ0) is 24.9. The van der Waals surface area contributed by atoms with Gasteiger partial charge in [0.05, 0.1) is 0 Å². The molecule has 0 heterocycles. The van der Waals surface area contributed by atoms with Gasteiger partial charge in [0.1, 0.15) is 19.3 Å². The monoisotopic (exact) mass is 468 g/mol. The van der Waals surface area contributed by atoms with Crippen molar-refractivity contribution in [2.75, 3.05) is 13.2 Å². The lowest BCUT2D eigenvalue weighted by molar-refractivity contribution is -0.139. The van der Waals surface area contributed by atoms with Gasteiger partial charge in [0.2, 0.25) is 0 Å². The van der Waals surface area contributed by atoms with E-state index in [9.17, 15) is 19.5 Å². The Labute approximate surface area is 199 Å². The van der Waals surface area contributed by atoms with E-state index in [0.717, 1.165) is 41.5 Å². The van der Waals surface area contributed by atoms with Crippen molar-refractivity contribution in [3.63, 3.8) is 0 Å². The van der Waals surface area contributed by atoms with E-state index in [1.54, 1.807) is 0 Å². The van der Waals surface area contributed by atoms with Crippen LogP contribution in [0.4, 0.5) is 9.59 Å². The number of alkyl carbamates (subject to hydrolysis) is 1. The molecule has 0 radical (unpaired) electrons. The highest BCUT2D eigenvalue weighted by molar-refractivity contribution is 5.81. The van der Waals surface area contributed by atoms with Crippen LogP contribution in [0.1, 0.15) is 49.7 Å². The lowest BCUT2D eigenvalue weighted by Crippen LogP contribution is -2.41. The fourth-order valence-electron chi connectivity index (χ4n) is 3.78. The molecule has 0 unspecified atom stereocenters. The molecule has 8 heteroatoms. The molecule has 2 aromatic rings. The molecule has 182 valence electrons. The Morgan fingerprint density at radius 1 is 1.06 bits per heavy atom. The number of nitrogens with two attached hydrogens (primary N) is 1. The predicted octanol–water partition coefficient (Wildman–Crippen LogP) is 4.83. The number of ether oxygens (including phenoxy) is 2. The summed E-state index contributed by atoms with van der Waals surface area (Å²) in [6.45, 7) is 5.72. The normalized spacial score (nSPS) is 12.3. The molecule has 0 spiro atoms.